The Balaban J connectivity index is 1.68. The van der Waals surface area contributed by atoms with Gasteiger partial charge in [0.15, 0.2) is 0 Å². The molecule has 0 spiro atoms. The first-order chi connectivity index (χ1) is 19.4. The first-order valence-electron chi connectivity index (χ1n) is 13.4. The van der Waals surface area contributed by atoms with E-state index in [0.29, 0.717) is 49.3 Å². The van der Waals surface area contributed by atoms with E-state index in [0.717, 1.165) is 28.9 Å². The SMILES string of the molecule is C=CC(=O)Nc1cc(Nc2nccc(/C(=C/C)c3ccccc3CC)n2)c(OC)cc1N1CCN(C(C)=O)CC1. The highest BCUT2D eigenvalue weighted by molar-refractivity contribution is 6.02. The monoisotopic (exact) mass is 540 g/mol. The number of allylic oxidation sites excluding steroid dienone is 1. The number of aryl methyl sites for hydroxylation is 1. The molecule has 4 rings (SSSR count). The second-order valence-electron chi connectivity index (χ2n) is 9.36. The van der Waals surface area contributed by atoms with Gasteiger partial charge in [-0.2, -0.15) is 0 Å². The van der Waals surface area contributed by atoms with Crippen molar-refractivity contribution in [2.45, 2.75) is 27.2 Å². The zero-order chi connectivity index (χ0) is 28.6. The predicted octanol–water partition coefficient (Wildman–Crippen LogP) is 5.04. The zero-order valence-electron chi connectivity index (χ0n) is 23.5. The lowest BCUT2D eigenvalue weighted by molar-refractivity contribution is -0.129. The fourth-order valence-corrected chi connectivity index (χ4v) is 4.87. The number of amides is 2. The minimum Gasteiger partial charge on any atom is -0.494 e. The molecule has 1 fully saturated rings. The van der Waals surface area contributed by atoms with Crippen molar-refractivity contribution >= 4 is 40.4 Å². The van der Waals surface area contributed by atoms with Crippen LogP contribution in [0.15, 0.2) is 67.4 Å². The van der Waals surface area contributed by atoms with Gasteiger partial charge in [-0.15, -0.1) is 0 Å². The van der Waals surface area contributed by atoms with E-state index >= 15 is 0 Å². The topological polar surface area (TPSA) is 99.7 Å². The summed E-state index contributed by atoms with van der Waals surface area (Å²) in [6.45, 7) is 11.8. The summed E-state index contributed by atoms with van der Waals surface area (Å²) in [5.41, 5.74) is 6.18. The van der Waals surface area contributed by atoms with Crippen LogP contribution in [0.5, 0.6) is 5.75 Å². The normalized spacial score (nSPS) is 13.6. The van der Waals surface area contributed by atoms with Gasteiger partial charge >= 0.3 is 0 Å². The number of rotatable bonds is 9. The van der Waals surface area contributed by atoms with E-state index in [2.05, 4.69) is 52.2 Å². The number of carbonyl (C=O) groups is 2. The van der Waals surface area contributed by atoms with Gasteiger partial charge in [-0.3, -0.25) is 9.59 Å². The molecule has 2 amide bonds. The van der Waals surface area contributed by atoms with Gasteiger partial charge < -0.3 is 25.2 Å². The number of piperazine rings is 1. The largest absolute Gasteiger partial charge is 0.494 e. The van der Waals surface area contributed by atoms with Gasteiger partial charge in [0.1, 0.15) is 5.75 Å². The van der Waals surface area contributed by atoms with Crippen LogP contribution in [0.4, 0.5) is 23.0 Å². The number of anilines is 4. The summed E-state index contributed by atoms with van der Waals surface area (Å²) in [7, 11) is 1.59. The Morgan fingerprint density at radius 3 is 2.50 bits per heavy atom. The van der Waals surface area contributed by atoms with Gasteiger partial charge in [0.05, 0.1) is 29.9 Å². The molecule has 1 aromatic heterocycles. The standard InChI is InChI=1S/C31H36N6O3/c1-6-22-11-9-10-12-24(22)23(7-2)25-13-14-32-31(34-25)35-27-19-26(33-30(39)8-3)28(20-29(27)40-5)37-17-15-36(16-18-37)21(4)38/h7-14,19-20H,3,6,15-18H2,1-2,4-5H3,(H,33,39)(H,32,34,35)/b23-7+. The molecular weight excluding hydrogens is 504 g/mol. The van der Waals surface area contributed by atoms with Crippen molar-refractivity contribution in [2.24, 2.45) is 0 Å². The summed E-state index contributed by atoms with van der Waals surface area (Å²) in [6.07, 6.45) is 5.92. The van der Waals surface area contributed by atoms with E-state index in [-0.39, 0.29) is 11.8 Å². The molecule has 2 N–H and O–H groups in total. The Labute approximate surface area is 235 Å². The van der Waals surface area contributed by atoms with Crippen LogP contribution in [0.25, 0.3) is 5.57 Å². The van der Waals surface area contributed by atoms with Crippen LogP contribution in [-0.2, 0) is 16.0 Å². The molecule has 3 aromatic rings. The molecule has 0 atom stereocenters. The number of methoxy groups -OCH3 is 1. The summed E-state index contributed by atoms with van der Waals surface area (Å²) in [6, 6.07) is 13.9. The highest BCUT2D eigenvalue weighted by atomic mass is 16.5. The first kappa shape index (κ1) is 28.4. The lowest BCUT2D eigenvalue weighted by atomic mass is 9.95. The van der Waals surface area contributed by atoms with Gasteiger partial charge in [0.2, 0.25) is 17.8 Å². The van der Waals surface area contributed by atoms with Crippen molar-refractivity contribution in [1.82, 2.24) is 14.9 Å². The summed E-state index contributed by atoms with van der Waals surface area (Å²) >= 11 is 0. The Bertz CT molecular complexity index is 1430. The lowest BCUT2D eigenvalue weighted by Gasteiger charge is -2.36. The molecular formula is C31H36N6O3. The molecule has 0 saturated carbocycles. The van der Waals surface area contributed by atoms with Crippen LogP contribution in [0.3, 0.4) is 0 Å². The fourth-order valence-electron chi connectivity index (χ4n) is 4.87. The molecule has 2 aromatic carbocycles. The van der Waals surface area contributed by atoms with Gasteiger partial charge in [0, 0.05) is 50.9 Å². The van der Waals surface area contributed by atoms with Crippen molar-refractivity contribution < 1.29 is 14.3 Å². The summed E-state index contributed by atoms with van der Waals surface area (Å²) in [4.78, 5) is 37.4. The van der Waals surface area contributed by atoms with Crippen LogP contribution < -0.4 is 20.3 Å². The van der Waals surface area contributed by atoms with Gasteiger partial charge in [0.25, 0.3) is 0 Å². The molecule has 1 saturated heterocycles. The molecule has 2 heterocycles. The fraction of sp³-hybridized carbons (Fsp3) is 0.290. The van der Waals surface area contributed by atoms with E-state index in [1.807, 2.05) is 42.2 Å². The van der Waals surface area contributed by atoms with E-state index in [1.165, 1.54) is 11.6 Å². The number of aromatic nitrogens is 2. The van der Waals surface area contributed by atoms with Crippen molar-refractivity contribution in [2.75, 3.05) is 48.8 Å². The lowest BCUT2D eigenvalue weighted by Crippen LogP contribution is -2.48. The molecule has 0 aliphatic carbocycles. The van der Waals surface area contributed by atoms with Crippen molar-refractivity contribution in [3.8, 4) is 5.75 Å². The third kappa shape index (κ3) is 6.31. The maximum atomic E-state index is 12.3. The second-order valence-corrected chi connectivity index (χ2v) is 9.36. The molecule has 9 heteroatoms. The van der Waals surface area contributed by atoms with Gasteiger partial charge in [-0.05, 0) is 42.7 Å². The summed E-state index contributed by atoms with van der Waals surface area (Å²) in [5.74, 6) is 0.689. The van der Waals surface area contributed by atoms with Crippen molar-refractivity contribution in [3.63, 3.8) is 0 Å². The van der Waals surface area contributed by atoms with Crippen LogP contribution in [-0.4, -0.2) is 60.0 Å². The van der Waals surface area contributed by atoms with Crippen LogP contribution in [0, 0.1) is 0 Å². The molecule has 0 radical (unpaired) electrons. The Hall–Kier alpha value is -4.66. The molecule has 40 heavy (non-hydrogen) atoms. The second kappa shape index (κ2) is 12.9. The van der Waals surface area contributed by atoms with E-state index < -0.39 is 0 Å². The van der Waals surface area contributed by atoms with Gasteiger partial charge in [-0.1, -0.05) is 43.8 Å². The van der Waals surface area contributed by atoms with Crippen molar-refractivity contribution in [1.29, 1.82) is 0 Å². The molecule has 9 nitrogen and oxygen atoms in total. The third-order valence-corrected chi connectivity index (χ3v) is 6.98. The number of benzene rings is 2. The first-order valence-corrected chi connectivity index (χ1v) is 13.4. The van der Waals surface area contributed by atoms with E-state index in [4.69, 9.17) is 9.72 Å². The molecule has 0 bridgehead atoms. The summed E-state index contributed by atoms with van der Waals surface area (Å²) < 4.78 is 5.74. The zero-order valence-corrected chi connectivity index (χ0v) is 23.5. The highest BCUT2D eigenvalue weighted by Gasteiger charge is 2.23. The maximum absolute atomic E-state index is 12.3. The van der Waals surface area contributed by atoms with Crippen LogP contribution in [0.2, 0.25) is 0 Å². The number of carbonyl (C=O) groups excluding carboxylic acids is 2. The van der Waals surface area contributed by atoms with Crippen molar-refractivity contribution in [3.05, 3.63) is 84.2 Å². The molecule has 1 aliphatic heterocycles. The van der Waals surface area contributed by atoms with Crippen LogP contribution in [0.1, 0.15) is 37.6 Å². The smallest absolute Gasteiger partial charge is 0.247 e. The highest BCUT2D eigenvalue weighted by Crippen LogP contribution is 2.39. The maximum Gasteiger partial charge on any atom is 0.247 e. The quantitative estimate of drug-likeness (QED) is 0.367. The minimum atomic E-state index is -0.328. The van der Waals surface area contributed by atoms with Gasteiger partial charge in [-0.25, -0.2) is 9.97 Å². The number of ether oxygens (including phenoxy) is 1. The molecule has 1 aliphatic rings. The average Bonchev–Trinajstić information content (AvgIpc) is 2.98. The average molecular weight is 541 g/mol. The van der Waals surface area contributed by atoms with E-state index in [1.54, 1.807) is 20.2 Å². The predicted molar refractivity (Wildman–Crippen MR) is 160 cm³/mol. The summed E-state index contributed by atoms with van der Waals surface area (Å²) in [5, 5.41) is 6.20. The Morgan fingerprint density at radius 2 is 1.85 bits per heavy atom. The Morgan fingerprint density at radius 1 is 1.10 bits per heavy atom. The number of nitrogens with zero attached hydrogens (tertiary/aromatic N) is 4. The molecule has 208 valence electrons. The third-order valence-electron chi connectivity index (χ3n) is 6.98. The molecule has 0 unspecified atom stereocenters. The minimum absolute atomic E-state index is 0.0541. The number of hydrogen-bond donors (Lipinski definition) is 2. The van der Waals surface area contributed by atoms with E-state index in [9.17, 15) is 9.59 Å². The van der Waals surface area contributed by atoms with Crippen LogP contribution >= 0.6 is 0 Å². The number of nitrogens with one attached hydrogen (secondary N) is 2. The Kier molecular flexibility index (Phi) is 9.16. The number of hydrogen-bond acceptors (Lipinski definition) is 7.